The van der Waals surface area contributed by atoms with Crippen LogP contribution in [-0.4, -0.2) is 37.0 Å². The zero-order valence-electron chi connectivity index (χ0n) is 9.33. The summed E-state index contributed by atoms with van der Waals surface area (Å²) in [5.41, 5.74) is 0. The standard InChI is InChI=1S/C11H23NO2/c1-9(2)6-12-7-10(13)8-14-11-4-3-5-11/h9-13H,3-8H2,1-2H3. The molecule has 0 heterocycles. The van der Waals surface area contributed by atoms with E-state index >= 15 is 0 Å². The predicted molar refractivity (Wildman–Crippen MR) is 57.3 cm³/mol. The highest BCUT2D eigenvalue weighted by molar-refractivity contribution is 4.70. The molecule has 0 aromatic heterocycles. The molecule has 1 atom stereocenters. The van der Waals surface area contributed by atoms with E-state index in [1.165, 1.54) is 19.3 Å². The molecule has 3 heteroatoms. The maximum atomic E-state index is 9.54. The van der Waals surface area contributed by atoms with Gasteiger partial charge in [0.15, 0.2) is 0 Å². The first kappa shape index (κ1) is 12.0. The Balaban J connectivity index is 1.89. The summed E-state index contributed by atoms with van der Waals surface area (Å²) < 4.78 is 5.51. The van der Waals surface area contributed by atoms with Gasteiger partial charge in [0.2, 0.25) is 0 Å². The van der Waals surface area contributed by atoms with E-state index in [0.717, 1.165) is 6.54 Å². The fourth-order valence-electron chi connectivity index (χ4n) is 1.38. The Morgan fingerprint density at radius 3 is 2.57 bits per heavy atom. The highest BCUT2D eigenvalue weighted by atomic mass is 16.5. The molecule has 1 unspecified atom stereocenters. The van der Waals surface area contributed by atoms with Crippen molar-refractivity contribution in [3.8, 4) is 0 Å². The molecule has 0 saturated heterocycles. The van der Waals surface area contributed by atoms with Crippen molar-refractivity contribution >= 4 is 0 Å². The second kappa shape index (κ2) is 6.38. The van der Waals surface area contributed by atoms with Crippen molar-refractivity contribution in [3.63, 3.8) is 0 Å². The van der Waals surface area contributed by atoms with Crippen LogP contribution in [0.5, 0.6) is 0 Å². The minimum absolute atomic E-state index is 0.352. The zero-order valence-corrected chi connectivity index (χ0v) is 9.33. The molecule has 1 aliphatic rings. The molecule has 0 aliphatic heterocycles. The molecule has 0 spiro atoms. The summed E-state index contributed by atoms with van der Waals surface area (Å²) in [7, 11) is 0. The van der Waals surface area contributed by atoms with Crippen molar-refractivity contribution in [2.24, 2.45) is 5.92 Å². The molecule has 0 aromatic carbocycles. The van der Waals surface area contributed by atoms with Gasteiger partial charge in [-0.1, -0.05) is 13.8 Å². The summed E-state index contributed by atoms with van der Waals surface area (Å²) >= 11 is 0. The Morgan fingerprint density at radius 1 is 1.36 bits per heavy atom. The number of hydrogen-bond donors (Lipinski definition) is 2. The number of hydrogen-bond acceptors (Lipinski definition) is 3. The van der Waals surface area contributed by atoms with Crippen molar-refractivity contribution in [1.29, 1.82) is 0 Å². The molecule has 0 amide bonds. The van der Waals surface area contributed by atoms with Gasteiger partial charge in [0.05, 0.1) is 18.8 Å². The lowest BCUT2D eigenvalue weighted by atomic mass is 9.96. The smallest absolute Gasteiger partial charge is 0.0897 e. The first-order valence-electron chi connectivity index (χ1n) is 5.69. The first-order chi connectivity index (χ1) is 6.68. The van der Waals surface area contributed by atoms with E-state index in [4.69, 9.17) is 4.74 Å². The van der Waals surface area contributed by atoms with E-state index in [2.05, 4.69) is 19.2 Å². The van der Waals surface area contributed by atoms with E-state index in [0.29, 0.717) is 25.2 Å². The quantitative estimate of drug-likeness (QED) is 0.649. The van der Waals surface area contributed by atoms with Crippen LogP contribution >= 0.6 is 0 Å². The van der Waals surface area contributed by atoms with Crippen LogP contribution in [0.25, 0.3) is 0 Å². The van der Waals surface area contributed by atoms with Gasteiger partial charge in [-0.2, -0.15) is 0 Å². The number of aliphatic hydroxyl groups excluding tert-OH is 1. The van der Waals surface area contributed by atoms with Crippen LogP contribution in [0.4, 0.5) is 0 Å². The molecule has 14 heavy (non-hydrogen) atoms. The van der Waals surface area contributed by atoms with Gasteiger partial charge in [-0.3, -0.25) is 0 Å². The minimum atomic E-state index is -0.352. The molecule has 1 rings (SSSR count). The highest BCUT2D eigenvalue weighted by Crippen LogP contribution is 2.21. The van der Waals surface area contributed by atoms with Crippen LogP contribution in [0.3, 0.4) is 0 Å². The SMILES string of the molecule is CC(C)CNCC(O)COC1CCC1. The molecule has 84 valence electrons. The topological polar surface area (TPSA) is 41.5 Å². The number of ether oxygens (including phenoxy) is 1. The van der Waals surface area contributed by atoms with Crippen LogP contribution in [0.2, 0.25) is 0 Å². The summed E-state index contributed by atoms with van der Waals surface area (Å²) in [5, 5.41) is 12.8. The molecule has 0 bridgehead atoms. The monoisotopic (exact) mass is 201 g/mol. The molecule has 1 saturated carbocycles. The average molecular weight is 201 g/mol. The third-order valence-corrected chi connectivity index (χ3v) is 2.51. The fourth-order valence-corrected chi connectivity index (χ4v) is 1.38. The third-order valence-electron chi connectivity index (χ3n) is 2.51. The normalized spacial score (nSPS) is 19.7. The second-order valence-electron chi connectivity index (χ2n) is 4.59. The fraction of sp³-hybridized carbons (Fsp3) is 1.00. The lowest BCUT2D eigenvalue weighted by molar-refractivity contribution is -0.0410. The van der Waals surface area contributed by atoms with Gasteiger partial charge in [-0.05, 0) is 31.7 Å². The van der Waals surface area contributed by atoms with Gasteiger partial charge < -0.3 is 15.2 Å². The Labute approximate surface area is 86.8 Å². The number of aliphatic hydroxyl groups is 1. The highest BCUT2D eigenvalue weighted by Gasteiger charge is 2.18. The summed E-state index contributed by atoms with van der Waals surface area (Å²) in [5.74, 6) is 0.634. The van der Waals surface area contributed by atoms with Crippen molar-refractivity contribution in [2.45, 2.75) is 45.3 Å². The molecule has 0 radical (unpaired) electrons. The lowest BCUT2D eigenvalue weighted by Gasteiger charge is -2.26. The van der Waals surface area contributed by atoms with E-state index in [1.54, 1.807) is 0 Å². The predicted octanol–water partition coefficient (Wildman–Crippen LogP) is 1.16. The van der Waals surface area contributed by atoms with Gasteiger partial charge in [0, 0.05) is 6.54 Å². The Bertz CT molecular complexity index is 146. The molecule has 0 aromatic rings. The van der Waals surface area contributed by atoms with E-state index in [-0.39, 0.29) is 6.10 Å². The summed E-state index contributed by atoms with van der Waals surface area (Å²) in [6, 6.07) is 0. The minimum Gasteiger partial charge on any atom is -0.389 e. The van der Waals surface area contributed by atoms with Gasteiger partial charge in [-0.15, -0.1) is 0 Å². The Kier molecular flexibility index (Phi) is 5.45. The van der Waals surface area contributed by atoms with Gasteiger partial charge >= 0.3 is 0 Å². The van der Waals surface area contributed by atoms with Crippen LogP contribution in [0.1, 0.15) is 33.1 Å². The van der Waals surface area contributed by atoms with Crippen LogP contribution in [0.15, 0.2) is 0 Å². The lowest BCUT2D eigenvalue weighted by Crippen LogP contribution is -2.34. The van der Waals surface area contributed by atoms with Gasteiger partial charge in [-0.25, -0.2) is 0 Å². The van der Waals surface area contributed by atoms with E-state index in [1.807, 2.05) is 0 Å². The molecule has 1 fully saturated rings. The number of rotatable bonds is 7. The van der Waals surface area contributed by atoms with Crippen molar-refractivity contribution < 1.29 is 9.84 Å². The summed E-state index contributed by atoms with van der Waals surface area (Å²) in [6.07, 6.45) is 3.70. The van der Waals surface area contributed by atoms with Crippen LogP contribution < -0.4 is 5.32 Å². The van der Waals surface area contributed by atoms with Crippen molar-refractivity contribution in [1.82, 2.24) is 5.32 Å². The third kappa shape index (κ3) is 4.94. The average Bonchev–Trinajstić information content (AvgIpc) is 2.00. The Morgan fingerprint density at radius 2 is 2.07 bits per heavy atom. The van der Waals surface area contributed by atoms with Crippen molar-refractivity contribution in [2.75, 3.05) is 19.7 Å². The molecular weight excluding hydrogens is 178 g/mol. The number of nitrogens with one attached hydrogen (secondary N) is 1. The molecule has 1 aliphatic carbocycles. The summed E-state index contributed by atoms with van der Waals surface area (Å²) in [4.78, 5) is 0. The van der Waals surface area contributed by atoms with Crippen molar-refractivity contribution in [3.05, 3.63) is 0 Å². The maximum Gasteiger partial charge on any atom is 0.0897 e. The van der Waals surface area contributed by atoms with Gasteiger partial charge in [0.1, 0.15) is 0 Å². The van der Waals surface area contributed by atoms with Crippen LogP contribution in [0, 0.1) is 5.92 Å². The Hall–Kier alpha value is -0.120. The molecular formula is C11H23NO2. The second-order valence-corrected chi connectivity index (χ2v) is 4.59. The zero-order chi connectivity index (χ0) is 10.4. The summed E-state index contributed by atoms with van der Waals surface area (Å²) in [6.45, 7) is 6.40. The maximum absolute atomic E-state index is 9.54. The molecule has 2 N–H and O–H groups in total. The van der Waals surface area contributed by atoms with Gasteiger partial charge in [0.25, 0.3) is 0 Å². The van der Waals surface area contributed by atoms with E-state index in [9.17, 15) is 5.11 Å². The van der Waals surface area contributed by atoms with Crippen LogP contribution in [-0.2, 0) is 4.74 Å². The van der Waals surface area contributed by atoms with E-state index < -0.39 is 0 Å². The molecule has 3 nitrogen and oxygen atoms in total. The largest absolute Gasteiger partial charge is 0.389 e. The first-order valence-corrected chi connectivity index (χ1v) is 5.69.